The van der Waals surface area contributed by atoms with Gasteiger partial charge in [-0.25, -0.2) is 9.59 Å². The average molecular weight is 368 g/mol. The average Bonchev–Trinajstić information content (AvgIpc) is 2.69. The van der Waals surface area contributed by atoms with Crippen LogP contribution in [0.3, 0.4) is 0 Å². The topological polar surface area (TPSA) is 75.0 Å². The number of aryl methyl sites for hydroxylation is 1. The fourth-order valence-electron chi connectivity index (χ4n) is 2.88. The Balaban J connectivity index is 2.11. The standard InChI is InChI=1S/C21H20O6/c1-12-18(26-13(2)21(23)25-4)10-9-16-17(11-19(22)27-20(12)16)14-5-7-15(24-3)8-6-14/h5-11,13H,1-4H3/t13-/m1/s1. The molecule has 1 atom stereocenters. The van der Waals surface area contributed by atoms with Crippen molar-refractivity contribution < 1.29 is 23.4 Å². The van der Waals surface area contributed by atoms with Crippen molar-refractivity contribution in [1.82, 2.24) is 0 Å². The van der Waals surface area contributed by atoms with Crippen molar-refractivity contribution in [2.75, 3.05) is 14.2 Å². The normalized spacial score (nSPS) is 11.9. The molecule has 1 aromatic heterocycles. The summed E-state index contributed by atoms with van der Waals surface area (Å²) in [5.41, 5.74) is 2.21. The largest absolute Gasteiger partial charge is 0.497 e. The monoisotopic (exact) mass is 368 g/mol. The first-order chi connectivity index (χ1) is 12.9. The molecule has 0 aliphatic carbocycles. The molecular formula is C21H20O6. The van der Waals surface area contributed by atoms with Crippen LogP contribution in [-0.2, 0) is 9.53 Å². The smallest absolute Gasteiger partial charge is 0.346 e. The van der Waals surface area contributed by atoms with E-state index in [1.54, 1.807) is 27.0 Å². The zero-order valence-electron chi connectivity index (χ0n) is 15.6. The van der Waals surface area contributed by atoms with Gasteiger partial charge in [-0.2, -0.15) is 0 Å². The predicted octanol–water partition coefficient (Wildman–Crippen LogP) is 3.72. The highest BCUT2D eigenvalue weighted by Crippen LogP contribution is 2.34. The molecular weight excluding hydrogens is 348 g/mol. The minimum Gasteiger partial charge on any atom is -0.497 e. The Morgan fingerprint density at radius 3 is 2.41 bits per heavy atom. The van der Waals surface area contributed by atoms with Gasteiger partial charge in [-0.05, 0) is 49.2 Å². The van der Waals surface area contributed by atoms with E-state index in [4.69, 9.17) is 13.9 Å². The lowest BCUT2D eigenvalue weighted by Crippen LogP contribution is -2.25. The van der Waals surface area contributed by atoms with Crippen LogP contribution in [0, 0.1) is 6.92 Å². The van der Waals surface area contributed by atoms with Crippen molar-refractivity contribution >= 4 is 16.9 Å². The van der Waals surface area contributed by atoms with Crippen molar-refractivity contribution in [1.29, 1.82) is 0 Å². The summed E-state index contributed by atoms with van der Waals surface area (Å²) < 4.78 is 21.0. The van der Waals surface area contributed by atoms with E-state index >= 15 is 0 Å². The number of fused-ring (bicyclic) bond motifs is 1. The molecule has 0 aliphatic rings. The van der Waals surface area contributed by atoms with E-state index in [-0.39, 0.29) is 0 Å². The number of hydrogen-bond acceptors (Lipinski definition) is 6. The number of carbonyl (C=O) groups excluding carboxylic acids is 1. The van der Waals surface area contributed by atoms with Gasteiger partial charge < -0.3 is 18.6 Å². The maximum atomic E-state index is 12.1. The van der Waals surface area contributed by atoms with Crippen LogP contribution >= 0.6 is 0 Å². The first kappa shape index (κ1) is 18.5. The van der Waals surface area contributed by atoms with E-state index < -0.39 is 17.7 Å². The Kier molecular flexibility index (Phi) is 5.16. The molecule has 1 heterocycles. The maximum Gasteiger partial charge on any atom is 0.346 e. The third-order valence-corrected chi connectivity index (χ3v) is 4.35. The minimum absolute atomic E-state index is 0.419. The minimum atomic E-state index is -0.775. The summed E-state index contributed by atoms with van der Waals surface area (Å²) in [5.74, 6) is 0.702. The number of rotatable bonds is 5. The second kappa shape index (κ2) is 7.53. The Hall–Kier alpha value is -3.28. The zero-order valence-corrected chi connectivity index (χ0v) is 15.6. The van der Waals surface area contributed by atoms with Gasteiger partial charge in [-0.1, -0.05) is 12.1 Å². The Morgan fingerprint density at radius 2 is 1.78 bits per heavy atom. The molecule has 6 nitrogen and oxygen atoms in total. The highest BCUT2D eigenvalue weighted by Gasteiger charge is 2.18. The Labute approximate surface area is 156 Å². The molecule has 0 amide bonds. The van der Waals surface area contributed by atoms with Gasteiger partial charge in [0.2, 0.25) is 0 Å². The van der Waals surface area contributed by atoms with Gasteiger partial charge in [0.05, 0.1) is 14.2 Å². The van der Waals surface area contributed by atoms with Crippen molar-refractivity contribution in [3.8, 4) is 22.6 Å². The fraction of sp³-hybridized carbons (Fsp3) is 0.238. The van der Waals surface area contributed by atoms with E-state index in [0.717, 1.165) is 22.3 Å². The van der Waals surface area contributed by atoms with Crippen LogP contribution in [0.4, 0.5) is 0 Å². The molecule has 0 spiro atoms. The lowest BCUT2D eigenvalue weighted by Gasteiger charge is -2.16. The van der Waals surface area contributed by atoms with Gasteiger partial charge in [-0.15, -0.1) is 0 Å². The first-order valence-electron chi connectivity index (χ1n) is 8.41. The van der Waals surface area contributed by atoms with Crippen molar-refractivity contribution in [3.63, 3.8) is 0 Å². The summed E-state index contributed by atoms with van der Waals surface area (Å²) in [6.45, 7) is 3.38. The number of ether oxygens (including phenoxy) is 3. The summed E-state index contributed by atoms with van der Waals surface area (Å²) in [4.78, 5) is 23.7. The summed E-state index contributed by atoms with van der Waals surface area (Å²) in [6, 6.07) is 12.4. The summed E-state index contributed by atoms with van der Waals surface area (Å²) >= 11 is 0. The fourth-order valence-corrected chi connectivity index (χ4v) is 2.88. The summed E-state index contributed by atoms with van der Waals surface area (Å²) in [5, 5.41) is 0.773. The van der Waals surface area contributed by atoms with Gasteiger partial charge in [0.1, 0.15) is 17.1 Å². The van der Waals surface area contributed by atoms with Gasteiger partial charge in [-0.3, -0.25) is 0 Å². The number of carbonyl (C=O) groups is 1. The lowest BCUT2D eigenvalue weighted by atomic mass is 10.00. The number of esters is 1. The maximum absolute atomic E-state index is 12.1. The van der Waals surface area contributed by atoms with E-state index in [0.29, 0.717) is 16.9 Å². The van der Waals surface area contributed by atoms with Crippen LogP contribution in [0.5, 0.6) is 11.5 Å². The van der Waals surface area contributed by atoms with Gasteiger partial charge in [0, 0.05) is 17.0 Å². The molecule has 2 aromatic carbocycles. The molecule has 0 bridgehead atoms. The van der Waals surface area contributed by atoms with E-state index in [9.17, 15) is 9.59 Å². The van der Waals surface area contributed by atoms with E-state index in [1.807, 2.05) is 30.3 Å². The number of hydrogen-bond donors (Lipinski definition) is 0. The molecule has 0 radical (unpaired) electrons. The molecule has 3 rings (SSSR count). The SMILES string of the molecule is COC(=O)[C@@H](C)Oc1ccc2c(-c3ccc(OC)cc3)cc(=O)oc2c1C. The van der Waals surface area contributed by atoms with E-state index in [2.05, 4.69) is 4.74 Å². The third kappa shape index (κ3) is 3.65. The molecule has 140 valence electrons. The summed E-state index contributed by atoms with van der Waals surface area (Å²) in [6.07, 6.45) is -0.775. The van der Waals surface area contributed by atoms with Crippen LogP contribution in [0.25, 0.3) is 22.1 Å². The third-order valence-electron chi connectivity index (χ3n) is 4.35. The Bertz CT molecular complexity index is 1030. The van der Waals surface area contributed by atoms with Gasteiger partial charge in [0.15, 0.2) is 6.10 Å². The van der Waals surface area contributed by atoms with Crippen molar-refractivity contribution in [3.05, 3.63) is 58.4 Å². The second-order valence-corrected chi connectivity index (χ2v) is 6.06. The first-order valence-corrected chi connectivity index (χ1v) is 8.41. The quantitative estimate of drug-likeness (QED) is 0.505. The molecule has 3 aromatic rings. The van der Waals surface area contributed by atoms with Crippen LogP contribution in [-0.4, -0.2) is 26.3 Å². The van der Waals surface area contributed by atoms with Gasteiger partial charge in [0.25, 0.3) is 0 Å². The molecule has 6 heteroatoms. The van der Waals surface area contributed by atoms with E-state index in [1.165, 1.54) is 13.2 Å². The number of methoxy groups -OCH3 is 2. The van der Waals surface area contributed by atoms with Crippen LogP contribution < -0.4 is 15.1 Å². The lowest BCUT2D eigenvalue weighted by molar-refractivity contribution is -0.147. The molecule has 0 aliphatic heterocycles. The highest BCUT2D eigenvalue weighted by molar-refractivity contribution is 5.95. The molecule has 0 N–H and O–H groups in total. The van der Waals surface area contributed by atoms with Crippen molar-refractivity contribution in [2.24, 2.45) is 0 Å². The Morgan fingerprint density at radius 1 is 1.07 bits per heavy atom. The van der Waals surface area contributed by atoms with Crippen LogP contribution in [0.1, 0.15) is 12.5 Å². The molecule has 0 saturated heterocycles. The second-order valence-electron chi connectivity index (χ2n) is 6.06. The van der Waals surface area contributed by atoms with Gasteiger partial charge >= 0.3 is 11.6 Å². The summed E-state index contributed by atoms with van der Waals surface area (Å²) in [7, 11) is 2.90. The molecule has 0 saturated carbocycles. The van der Waals surface area contributed by atoms with Crippen LogP contribution in [0.15, 0.2) is 51.7 Å². The highest BCUT2D eigenvalue weighted by atomic mass is 16.6. The zero-order chi connectivity index (χ0) is 19.6. The number of benzene rings is 2. The van der Waals surface area contributed by atoms with Crippen LogP contribution in [0.2, 0.25) is 0 Å². The predicted molar refractivity (Wildman–Crippen MR) is 101 cm³/mol. The molecule has 27 heavy (non-hydrogen) atoms. The van der Waals surface area contributed by atoms with Crippen molar-refractivity contribution in [2.45, 2.75) is 20.0 Å². The molecule has 0 unspecified atom stereocenters. The molecule has 0 fully saturated rings.